The van der Waals surface area contributed by atoms with Crippen molar-refractivity contribution in [3.8, 4) is 5.69 Å². The van der Waals surface area contributed by atoms with E-state index in [0.717, 1.165) is 56.3 Å². The first-order valence-corrected chi connectivity index (χ1v) is 10.9. The van der Waals surface area contributed by atoms with Gasteiger partial charge in [-0.2, -0.15) is 10.2 Å². The quantitative estimate of drug-likeness (QED) is 0.483. The highest BCUT2D eigenvalue weighted by molar-refractivity contribution is 5.61. The van der Waals surface area contributed by atoms with Crippen LogP contribution in [0.4, 0.5) is 14.6 Å². The molecule has 9 heteroatoms. The summed E-state index contributed by atoms with van der Waals surface area (Å²) in [6.07, 6.45) is 10.1. The first kappa shape index (κ1) is 19.4. The number of hydrogen-bond acceptors (Lipinski definition) is 5. The van der Waals surface area contributed by atoms with E-state index in [-0.39, 0.29) is 6.04 Å². The van der Waals surface area contributed by atoms with Crippen molar-refractivity contribution in [3.63, 3.8) is 0 Å². The van der Waals surface area contributed by atoms with Gasteiger partial charge in [0.15, 0.2) is 5.65 Å². The third kappa shape index (κ3) is 3.24. The fourth-order valence-electron chi connectivity index (χ4n) is 4.78. The Hall–Kier alpha value is -3.33. The number of anilines is 1. The molecular formula is C23H22F2N6O. The fraction of sp³-hybridized carbons (Fsp3) is 0.348. The lowest BCUT2D eigenvalue weighted by molar-refractivity contribution is 0.194. The van der Waals surface area contributed by atoms with Crippen LogP contribution in [0.1, 0.15) is 42.3 Å². The molecule has 6 rings (SSSR count). The number of halogens is 2. The van der Waals surface area contributed by atoms with Crippen molar-refractivity contribution in [1.82, 2.24) is 24.4 Å². The topological polar surface area (TPSA) is 60.5 Å². The Morgan fingerprint density at radius 1 is 1.06 bits per heavy atom. The second-order valence-corrected chi connectivity index (χ2v) is 8.38. The molecule has 1 aromatic carbocycles. The van der Waals surface area contributed by atoms with Gasteiger partial charge in [-0.1, -0.05) is 0 Å². The highest BCUT2D eigenvalue weighted by Crippen LogP contribution is 2.37. The molecule has 0 spiro atoms. The maximum atomic E-state index is 14.5. The van der Waals surface area contributed by atoms with Crippen molar-refractivity contribution in [2.24, 2.45) is 0 Å². The number of aromatic nitrogens is 5. The Morgan fingerprint density at radius 3 is 2.88 bits per heavy atom. The molecule has 0 radical (unpaired) electrons. The Balaban J connectivity index is 1.36. The average molecular weight is 436 g/mol. The highest BCUT2D eigenvalue weighted by Gasteiger charge is 2.30. The lowest BCUT2D eigenvalue weighted by Gasteiger charge is -2.26. The van der Waals surface area contributed by atoms with Gasteiger partial charge in [0.2, 0.25) is 0 Å². The summed E-state index contributed by atoms with van der Waals surface area (Å²) in [5.41, 5.74) is 2.93. The molecular weight excluding hydrogens is 414 g/mol. The number of rotatable bonds is 4. The molecule has 0 saturated carbocycles. The molecule has 1 unspecified atom stereocenters. The lowest BCUT2D eigenvalue weighted by Crippen LogP contribution is -2.24. The summed E-state index contributed by atoms with van der Waals surface area (Å²) >= 11 is 0. The van der Waals surface area contributed by atoms with Crippen molar-refractivity contribution >= 4 is 11.5 Å². The standard InChI is InChI=1S/C23H22F2N6O/c24-17-3-4-19(25)18(10-17)20-2-1-7-29(20)22-5-8-30-23(28-22)21(12-27-30)31-13-16(11-26-31)15-6-9-32-14-15/h3-5,8,10-13,15,20H,1-2,6-7,9,14H2/t15?,20-/m0/s1. The van der Waals surface area contributed by atoms with E-state index in [1.807, 2.05) is 29.6 Å². The van der Waals surface area contributed by atoms with Crippen molar-refractivity contribution in [2.45, 2.75) is 31.2 Å². The van der Waals surface area contributed by atoms with Gasteiger partial charge >= 0.3 is 0 Å². The van der Waals surface area contributed by atoms with E-state index in [1.54, 1.807) is 15.4 Å². The first-order chi connectivity index (χ1) is 15.7. The van der Waals surface area contributed by atoms with Crippen molar-refractivity contribution in [2.75, 3.05) is 24.7 Å². The van der Waals surface area contributed by atoms with E-state index in [2.05, 4.69) is 10.2 Å². The zero-order valence-electron chi connectivity index (χ0n) is 17.4. The zero-order chi connectivity index (χ0) is 21.7. The summed E-state index contributed by atoms with van der Waals surface area (Å²) in [5, 5.41) is 8.94. The van der Waals surface area contributed by atoms with Crippen LogP contribution in [-0.4, -0.2) is 44.1 Å². The summed E-state index contributed by atoms with van der Waals surface area (Å²) < 4.78 is 37.3. The van der Waals surface area contributed by atoms with Gasteiger partial charge in [-0.05, 0) is 49.1 Å². The summed E-state index contributed by atoms with van der Waals surface area (Å²) in [4.78, 5) is 6.89. The molecule has 0 amide bonds. The minimum atomic E-state index is -0.433. The molecule has 0 bridgehead atoms. The van der Waals surface area contributed by atoms with E-state index in [9.17, 15) is 8.78 Å². The predicted octanol–water partition coefficient (Wildman–Crippen LogP) is 4.04. The van der Waals surface area contributed by atoms with Crippen LogP contribution in [0.2, 0.25) is 0 Å². The molecule has 0 N–H and O–H groups in total. The Labute approximate surface area is 183 Å². The van der Waals surface area contributed by atoms with Crippen LogP contribution >= 0.6 is 0 Å². The van der Waals surface area contributed by atoms with Gasteiger partial charge in [-0.3, -0.25) is 0 Å². The number of hydrogen-bond donors (Lipinski definition) is 0. The lowest BCUT2D eigenvalue weighted by atomic mass is 10.0. The zero-order valence-corrected chi connectivity index (χ0v) is 17.4. The number of benzene rings is 1. The van der Waals surface area contributed by atoms with Crippen molar-refractivity contribution in [3.05, 3.63) is 71.8 Å². The Kier molecular flexibility index (Phi) is 4.64. The molecule has 4 aromatic rings. The summed E-state index contributed by atoms with van der Waals surface area (Å²) in [7, 11) is 0. The van der Waals surface area contributed by atoms with Crippen LogP contribution in [0.25, 0.3) is 11.3 Å². The summed E-state index contributed by atoms with van der Waals surface area (Å²) in [6, 6.07) is 5.24. The molecule has 164 valence electrons. The summed E-state index contributed by atoms with van der Waals surface area (Å²) in [5.74, 6) is 0.244. The van der Waals surface area contributed by atoms with Crippen molar-refractivity contribution in [1.29, 1.82) is 0 Å². The second kappa shape index (κ2) is 7.67. The van der Waals surface area contributed by atoms with Gasteiger partial charge < -0.3 is 9.64 Å². The SMILES string of the molecule is Fc1ccc(F)c([C@@H]2CCCN2c2ccn3ncc(-n4cc(C5CCOC5)cn4)c3n2)c1. The van der Waals surface area contributed by atoms with Crippen LogP contribution in [0.15, 0.2) is 49.1 Å². The third-order valence-corrected chi connectivity index (χ3v) is 6.45. The smallest absolute Gasteiger partial charge is 0.183 e. The van der Waals surface area contributed by atoms with Gasteiger partial charge in [-0.25, -0.2) is 23.0 Å². The predicted molar refractivity (Wildman–Crippen MR) is 114 cm³/mol. The molecule has 32 heavy (non-hydrogen) atoms. The van der Waals surface area contributed by atoms with Crippen LogP contribution in [-0.2, 0) is 4.74 Å². The van der Waals surface area contributed by atoms with E-state index < -0.39 is 11.6 Å². The van der Waals surface area contributed by atoms with Crippen LogP contribution in [0.5, 0.6) is 0 Å². The summed E-state index contributed by atoms with van der Waals surface area (Å²) in [6.45, 7) is 2.22. The minimum Gasteiger partial charge on any atom is -0.381 e. The number of ether oxygens (including phenoxy) is 1. The largest absolute Gasteiger partial charge is 0.381 e. The maximum Gasteiger partial charge on any atom is 0.183 e. The molecule has 7 nitrogen and oxygen atoms in total. The molecule has 2 atom stereocenters. The van der Waals surface area contributed by atoms with E-state index in [4.69, 9.17) is 9.72 Å². The van der Waals surface area contributed by atoms with Gasteiger partial charge in [-0.15, -0.1) is 0 Å². The molecule has 0 aliphatic carbocycles. The van der Waals surface area contributed by atoms with Crippen LogP contribution < -0.4 is 4.90 Å². The van der Waals surface area contributed by atoms with Gasteiger partial charge in [0, 0.05) is 37.0 Å². The second-order valence-electron chi connectivity index (χ2n) is 8.38. The molecule has 3 aromatic heterocycles. The monoisotopic (exact) mass is 436 g/mol. The molecule has 2 aliphatic heterocycles. The van der Waals surface area contributed by atoms with E-state index in [1.165, 1.54) is 12.1 Å². The van der Waals surface area contributed by atoms with Crippen LogP contribution in [0.3, 0.4) is 0 Å². The average Bonchev–Trinajstić information content (AvgIpc) is 3.60. The van der Waals surface area contributed by atoms with Gasteiger partial charge in [0.05, 0.1) is 25.0 Å². The number of nitrogens with zero attached hydrogens (tertiary/aromatic N) is 6. The molecule has 2 fully saturated rings. The van der Waals surface area contributed by atoms with Gasteiger partial charge in [0.25, 0.3) is 0 Å². The molecule has 2 saturated heterocycles. The highest BCUT2D eigenvalue weighted by atomic mass is 19.1. The van der Waals surface area contributed by atoms with Gasteiger partial charge in [0.1, 0.15) is 23.1 Å². The maximum absolute atomic E-state index is 14.5. The Morgan fingerprint density at radius 2 is 2.00 bits per heavy atom. The van der Waals surface area contributed by atoms with Crippen LogP contribution in [0, 0.1) is 11.6 Å². The van der Waals surface area contributed by atoms with E-state index in [0.29, 0.717) is 22.9 Å². The normalized spacial score (nSPS) is 21.1. The minimum absolute atomic E-state index is 0.259. The Bertz CT molecular complexity index is 1280. The molecule has 5 heterocycles. The van der Waals surface area contributed by atoms with Crippen molar-refractivity contribution < 1.29 is 13.5 Å². The third-order valence-electron chi connectivity index (χ3n) is 6.45. The fourth-order valence-corrected chi connectivity index (χ4v) is 4.78. The molecule has 2 aliphatic rings. The van der Waals surface area contributed by atoms with E-state index >= 15 is 0 Å². The first-order valence-electron chi connectivity index (χ1n) is 10.9. The number of fused-ring (bicyclic) bond motifs is 1.